The van der Waals surface area contributed by atoms with Crippen molar-refractivity contribution in [3.05, 3.63) is 77.4 Å². The quantitative estimate of drug-likeness (QED) is 0.494. The number of fused-ring (bicyclic) bond motifs is 1. The van der Waals surface area contributed by atoms with E-state index in [4.69, 9.17) is 0 Å². The number of aryl methyl sites for hydroxylation is 2. The fraction of sp³-hybridized carbons (Fsp3) is 0.231. The Morgan fingerprint density at radius 2 is 1.59 bits per heavy atom. The van der Waals surface area contributed by atoms with Crippen LogP contribution in [-0.2, 0) is 19.9 Å². The molecule has 0 spiro atoms. The van der Waals surface area contributed by atoms with Gasteiger partial charge in [-0.05, 0) is 54.3 Å². The van der Waals surface area contributed by atoms with Crippen molar-refractivity contribution in [2.24, 2.45) is 0 Å². The Balaban J connectivity index is 1.39. The molecule has 0 aromatic heterocycles. The minimum Gasteiger partial charge on any atom is -0.345 e. The molecule has 1 saturated heterocycles. The highest BCUT2D eigenvalue weighted by molar-refractivity contribution is 6.09. The van der Waals surface area contributed by atoms with Crippen LogP contribution in [0.15, 0.2) is 60.7 Å². The smallest absolute Gasteiger partial charge is 0.325 e. The van der Waals surface area contributed by atoms with E-state index in [1.807, 2.05) is 68.4 Å². The number of benzene rings is 3. The summed E-state index contributed by atoms with van der Waals surface area (Å²) in [5.41, 5.74) is 1.85. The second-order valence-electron chi connectivity index (χ2n) is 8.60. The Hall–Kier alpha value is -4.20. The number of hydrogen-bond donors (Lipinski definition) is 3. The Morgan fingerprint density at radius 3 is 2.29 bits per heavy atom. The normalized spacial score (nSPS) is 17.6. The van der Waals surface area contributed by atoms with Crippen LogP contribution in [0.4, 0.5) is 10.5 Å². The van der Waals surface area contributed by atoms with E-state index in [9.17, 15) is 19.2 Å². The number of nitrogens with one attached hydrogen (secondary N) is 3. The summed E-state index contributed by atoms with van der Waals surface area (Å²) in [7, 11) is 0. The third-order valence-corrected chi connectivity index (χ3v) is 6.10. The maximum Gasteiger partial charge on any atom is 0.325 e. The van der Waals surface area contributed by atoms with Gasteiger partial charge in [-0.1, -0.05) is 54.6 Å². The molecular formula is C26H26N4O4. The van der Waals surface area contributed by atoms with Crippen molar-refractivity contribution in [1.29, 1.82) is 0 Å². The topological polar surface area (TPSA) is 108 Å². The Labute approximate surface area is 197 Å². The first kappa shape index (κ1) is 23.0. The monoisotopic (exact) mass is 458 g/mol. The van der Waals surface area contributed by atoms with E-state index in [0.29, 0.717) is 11.3 Å². The van der Waals surface area contributed by atoms with Gasteiger partial charge in [0.25, 0.3) is 5.91 Å². The SMILES string of the molecule is Cc1cccc(C)c1NC(=O)CNC(=O)CN1C(=O)NC(C)(c2ccc3ccccc3c2)C1=O. The first-order valence-electron chi connectivity index (χ1n) is 10.9. The lowest BCUT2D eigenvalue weighted by Crippen LogP contribution is -2.44. The number of anilines is 1. The summed E-state index contributed by atoms with van der Waals surface area (Å²) in [6.07, 6.45) is 0. The summed E-state index contributed by atoms with van der Waals surface area (Å²) in [6, 6.07) is 18.3. The fourth-order valence-electron chi connectivity index (χ4n) is 4.11. The highest BCUT2D eigenvalue weighted by Crippen LogP contribution is 2.31. The molecule has 1 atom stereocenters. The number of nitrogens with zero attached hydrogens (tertiary/aromatic N) is 1. The van der Waals surface area contributed by atoms with Crippen LogP contribution in [0.2, 0.25) is 0 Å². The summed E-state index contributed by atoms with van der Waals surface area (Å²) in [4.78, 5) is 51.3. The van der Waals surface area contributed by atoms with E-state index in [-0.39, 0.29) is 6.54 Å². The number of imide groups is 1. The molecule has 8 heteroatoms. The van der Waals surface area contributed by atoms with Crippen molar-refractivity contribution >= 4 is 40.2 Å². The van der Waals surface area contributed by atoms with Gasteiger partial charge in [-0.2, -0.15) is 0 Å². The number of carbonyl (C=O) groups excluding carboxylic acids is 4. The highest BCUT2D eigenvalue weighted by Gasteiger charge is 2.49. The van der Waals surface area contributed by atoms with Gasteiger partial charge in [-0.3, -0.25) is 19.3 Å². The van der Waals surface area contributed by atoms with E-state index in [2.05, 4.69) is 16.0 Å². The average molecular weight is 459 g/mol. The molecule has 1 fully saturated rings. The summed E-state index contributed by atoms with van der Waals surface area (Å²) >= 11 is 0. The fourth-order valence-corrected chi connectivity index (χ4v) is 4.11. The van der Waals surface area contributed by atoms with Crippen LogP contribution in [0.3, 0.4) is 0 Å². The van der Waals surface area contributed by atoms with Crippen molar-refractivity contribution < 1.29 is 19.2 Å². The number of carbonyl (C=O) groups is 4. The van der Waals surface area contributed by atoms with Crippen LogP contribution in [0, 0.1) is 13.8 Å². The maximum atomic E-state index is 13.1. The highest BCUT2D eigenvalue weighted by atomic mass is 16.2. The van der Waals surface area contributed by atoms with Crippen LogP contribution in [-0.4, -0.2) is 41.7 Å². The molecule has 1 aliphatic rings. The summed E-state index contributed by atoms with van der Waals surface area (Å²) in [5, 5.41) is 9.92. The lowest BCUT2D eigenvalue weighted by Gasteiger charge is -2.22. The molecule has 174 valence electrons. The molecule has 1 aliphatic heterocycles. The largest absolute Gasteiger partial charge is 0.345 e. The van der Waals surface area contributed by atoms with Gasteiger partial charge in [0.2, 0.25) is 11.8 Å². The van der Waals surface area contributed by atoms with Crippen molar-refractivity contribution in [2.75, 3.05) is 18.4 Å². The Bertz CT molecular complexity index is 1300. The van der Waals surface area contributed by atoms with E-state index in [0.717, 1.165) is 26.8 Å². The van der Waals surface area contributed by atoms with Gasteiger partial charge in [-0.25, -0.2) is 4.79 Å². The van der Waals surface area contributed by atoms with Gasteiger partial charge in [0, 0.05) is 5.69 Å². The zero-order valence-electron chi connectivity index (χ0n) is 19.3. The lowest BCUT2D eigenvalue weighted by atomic mass is 9.90. The molecule has 0 aliphatic carbocycles. The van der Waals surface area contributed by atoms with Crippen LogP contribution in [0.5, 0.6) is 0 Å². The van der Waals surface area contributed by atoms with Crippen LogP contribution < -0.4 is 16.0 Å². The molecule has 34 heavy (non-hydrogen) atoms. The minimum absolute atomic E-state index is 0.280. The molecule has 0 bridgehead atoms. The third kappa shape index (κ3) is 4.34. The molecule has 4 rings (SSSR count). The Morgan fingerprint density at radius 1 is 0.912 bits per heavy atom. The van der Waals surface area contributed by atoms with Crippen LogP contribution >= 0.6 is 0 Å². The van der Waals surface area contributed by atoms with Crippen LogP contribution in [0.1, 0.15) is 23.6 Å². The molecule has 3 aromatic rings. The lowest BCUT2D eigenvalue weighted by molar-refractivity contribution is -0.135. The van der Waals surface area contributed by atoms with E-state index in [1.165, 1.54) is 0 Å². The van der Waals surface area contributed by atoms with Crippen molar-refractivity contribution in [2.45, 2.75) is 26.3 Å². The number of para-hydroxylation sites is 1. The van der Waals surface area contributed by atoms with Crippen molar-refractivity contribution in [3.63, 3.8) is 0 Å². The first-order valence-corrected chi connectivity index (χ1v) is 10.9. The molecule has 1 heterocycles. The predicted molar refractivity (Wildman–Crippen MR) is 129 cm³/mol. The molecule has 1 unspecified atom stereocenters. The second kappa shape index (κ2) is 8.97. The summed E-state index contributed by atoms with van der Waals surface area (Å²) < 4.78 is 0. The zero-order valence-corrected chi connectivity index (χ0v) is 19.3. The first-order chi connectivity index (χ1) is 16.2. The molecule has 8 nitrogen and oxygen atoms in total. The predicted octanol–water partition coefficient (Wildman–Crippen LogP) is 2.98. The van der Waals surface area contributed by atoms with Gasteiger partial charge in [0.15, 0.2) is 0 Å². The van der Waals surface area contributed by atoms with Crippen molar-refractivity contribution in [3.8, 4) is 0 Å². The van der Waals surface area contributed by atoms with E-state index >= 15 is 0 Å². The minimum atomic E-state index is -1.29. The Kier molecular flexibility index (Phi) is 6.06. The third-order valence-electron chi connectivity index (χ3n) is 6.10. The molecule has 0 saturated carbocycles. The van der Waals surface area contributed by atoms with Crippen molar-refractivity contribution in [1.82, 2.24) is 15.5 Å². The van der Waals surface area contributed by atoms with E-state index in [1.54, 1.807) is 13.0 Å². The van der Waals surface area contributed by atoms with Crippen LogP contribution in [0.25, 0.3) is 10.8 Å². The molecular weight excluding hydrogens is 432 g/mol. The van der Waals surface area contributed by atoms with Gasteiger partial charge >= 0.3 is 6.03 Å². The van der Waals surface area contributed by atoms with Gasteiger partial charge in [-0.15, -0.1) is 0 Å². The standard InChI is InChI=1S/C26H26N4O4/c1-16-7-6-8-17(2)23(16)28-21(31)14-27-22(32)15-30-24(33)26(3,29-25(30)34)20-12-11-18-9-4-5-10-19(18)13-20/h4-13H,14-15H2,1-3H3,(H,27,32)(H,28,31)(H,29,34). The zero-order chi connectivity index (χ0) is 24.5. The molecule has 3 aromatic carbocycles. The van der Waals surface area contributed by atoms with Gasteiger partial charge in [0.1, 0.15) is 12.1 Å². The number of rotatable bonds is 6. The number of urea groups is 1. The summed E-state index contributed by atoms with van der Waals surface area (Å²) in [5.74, 6) is -1.53. The number of amides is 5. The van der Waals surface area contributed by atoms with E-state index < -0.39 is 35.8 Å². The molecule has 0 radical (unpaired) electrons. The summed E-state index contributed by atoms with van der Waals surface area (Å²) in [6.45, 7) is 4.62. The number of hydrogen-bond acceptors (Lipinski definition) is 4. The molecule has 5 amide bonds. The van der Waals surface area contributed by atoms with Gasteiger partial charge in [0.05, 0.1) is 6.54 Å². The second-order valence-corrected chi connectivity index (χ2v) is 8.60. The molecule has 3 N–H and O–H groups in total. The average Bonchev–Trinajstić information content (AvgIpc) is 3.03. The maximum absolute atomic E-state index is 13.1. The van der Waals surface area contributed by atoms with Gasteiger partial charge < -0.3 is 16.0 Å².